The van der Waals surface area contributed by atoms with Gasteiger partial charge in [-0.3, -0.25) is 9.59 Å². The number of urea groups is 1. The van der Waals surface area contributed by atoms with E-state index < -0.39 is 43.7 Å². The van der Waals surface area contributed by atoms with Crippen LogP contribution >= 0.6 is 0 Å². The number of carboxylic acid groups (broad SMARTS) is 1. The number of rotatable bonds is 6. The molecule has 10 heteroatoms. The van der Waals surface area contributed by atoms with Crippen LogP contribution in [0.5, 0.6) is 0 Å². The van der Waals surface area contributed by atoms with Gasteiger partial charge >= 0.3 is 18.2 Å². The lowest BCUT2D eigenvalue weighted by atomic mass is 10.4. The maximum absolute atomic E-state index is 12.2. The van der Waals surface area contributed by atoms with E-state index in [4.69, 9.17) is 5.11 Å². The fourth-order valence-corrected chi connectivity index (χ4v) is 1.35. The second kappa shape index (κ2) is 6.44. The summed E-state index contributed by atoms with van der Waals surface area (Å²) in [6.07, 6.45) is -3.05. The van der Waals surface area contributed by atoms with Crippen molar-refractivity contribution in [3.63, 3.8) is 0 Å². The largest absolute Gasteiger partial charge is 0.480 e. The topological polar surface area (TPSA) is 98.7 Å². The highest BCUT2D eigenvalue weighted by molar-refractivity contribution is 5.85. The average Bonchev–Trinajstić information content (AvgIpc) is 3.06. The van der Waals surface area contributed by atoms with Crippen molar-refractivity contribution in [1.82, 2.24) is 15.5 Å². The van der Waals surface area contributed by atoms with Gasteiger partial charge in [0.2, 0.25) is 5.91 Å². The van der Waals surface area contributed by atoms with Crippen LogP contribution in [0.1, 0.15) is 12.8 Å². The standard InChI is InChI=1S/C10H14F3N3O4/c11-10(12,13)5-16(4-8(18)19)9(20)14-3-7(17)15-6-1-2-6/h6H,1-5H2,(H,14,20)(H,15,17)(H,18,19). The number of hydrogen-bond acceptors (Lipinski definition) is 3. The van der Waals surface area contributed by atoms with Gasteiger partial charge in [-0.25, -0.2) is 4.79 Å². The monoisotopic (exact) mass is 297 g/mol. The Balaban J connectivity index is 2.44. The Kier molecular flexibility index (Phi) is 5.17. The second-order valence-corrected chi connectivity index (χ2v) is 4.37. The molecule has 1 fully saturated rings. The first-order valence-corrected chi connectivity index (χ1v) is 5.78. The van der Waals surface area contributed by atoms with Gasteiger partial charge in [0.25, 0.3) is 0 Å². The minimum absolute atomic E-state index is 0.0599. The molecule has 1 saturated carbocycles. The van der Waals surface area contributed by atoms with Gasteiger partial charge in [-0.2, -0.15) is 13.2 Å². The van der Waals surface area contributed by atoms with E-state index >= 15 is 0 Å². The molecule has 114 valence electrons. The van der Waals surface area contributed by atoms with Crippen LogP contribution in [0.25, 0.3) is 0 Å². The maximum Gasteiger partial charge on any atom is 0.406 e. The van der Waals surface area contributed by atoms with E-state index in [-0.39, 0.29) is 10.9 Å². The molecule has 3 N–H and O–H groups in total. The molecule has 0 aromatic heterocycles. The number of aliphatic carboxylic acids is 1. The third-order valence-electron chi connectivity index (χ3n) is 2.33. The fourth-order valence-electron chi connectivity index (χ4n) is 1.35. The van der Waals surface area contributed by atoms with Gasteiger partial charge in [0.15, 0.2) is 0 Å². The number of alkyl halides is 3. The molecule has 0 aliphatic heterocycles. The first kappa shape index (κ1) is 16.1. The summed E-state index contributed by atoms with van der Waals surface area (Å²) in [5, 5.41) is 12.9. The third-order valence-corrected chi connectivity index (χ3v) is 2.33. The number of carbonyl (C=O) groups is 3. The summed E-state index contributed by atoms with van der Waals surface area (Å²) in [6.45, 7) is -3.30. The second-order valence-electron chi connectivity index (χ2n) is 4.37. The fraction of sp³-hybridized carbons (Fsp3) is 0.700. The molecule has 20 heavy (non-hydrogen) atoms. The van der Waals surface area contributed by atoms with Crippen molar-refractivity contribution >= 4 is 17.9 Å². The highest BCUT2D eigenvalue weighted by Gasteiger charge is 2.34. The van der Waals surface area contributed by atoms with Crippen molar-refractivity contribution in [1.29, 1.82) is 0 Å². The van der Waals surface area contributed by atoms with Gasteiger partial charge in [-0.1, -0.05) is 0 Å². The molecule has 1 aliphatic carbocycles. The van der Waals surface area contributed by atoms with Crippen molar-refractivity contribution in [3.05, 3.63) is 0 Å². The van der Waals surface area contributed by atoms with Crippen molar-refractivity contribution in [2.75, 3.05) is 19.6 Å². The molecule has 0 bridgehead atoms. The molecule has 1 rings (SSSR count). The summed E-state index contributed by atoms with van der Waals surface area (Å²) < 4.78 is 36.6. The van der Waals surface area contributed by atoms with Crippen LogP contribution in [0.4, 0.5) is 18.0 Å². The zero-order chi connectivity index (χ0) is 15.3. The van der Waals surface area contributed by atoms with Gasteiger partial charge in [-0.15, -0.1) is 0 Å². The van der Waals surface area contributed by atoms with Crippen LogP contribution in [0.15, 0.2) is 0 Å². The highest BCUT2D eigenvalue weighted by atomic mass is 19.4. The van der Waals surface area contributed by atoms with Crippen molar-refractivity contribution in [2.45, 2.75) is 25.1 Å². The van der Waals surface area contributed by atoms with Crippen LogP contribution in [-0.2, 0) is 9.59 Å². The Hall–Kier alpha value is -2.00. The van der Waals surface area contributed by atoms with Gasteiger partial charge in [0.1, 0.15) is 13.1 Å². The Bertz CT molecular complexity index is 396. The number of amides is 3. The Labute approximate surface area is 112 Å². The van der Waals surface area contributed by atoms with Crippen LogP contribution in [-0.4, -0.2) is 59.8 Å². The van der Waals surface area contributed by atoms with Gasteiger partial charge in [0, 0.05) is 6.04 Å². The smallest absolute Gasteiger partial charge is 0.406 e. The molecule has 0 heterocycles. The summed E-state index contributed by atoms with van der Waals surface area (Å²) in [5.74, 6) is -2.10. The third kappa shape index (κ3) is 6.81. The molecule has 0 spiro atoms. The number of carbonyl (C=O) groups excluding carboxylic acids is 2. The van der Waals surface area contributed by atoms with Crippen LogP contribution in [0.3, 0.4) is 0 Å². The number of hydrogen-bond donors (Lipinski definition) is 3. The van der Waals surface area contributed by atoms with Crippen LogP contribution in [0, 0.1) is 0 Å². The maximum atomic E-state index is 12.2. The van der Waals surface area contributed by atoms with Gasteiger partial charge < -0.3 is 20.6 Å². The minimum Gasteiger partial charge on any atom is -0.480 e. The van der Waals surface area contributed by atoms with Crippen molar-refractivity contribution in [3.8, 4) is 0 Å². The number of halogens is 3. The summed E-state index contributed by atoms with van der Waals surface area (Å²) in [5.41, 5.74) is 0. The lowest BCUT2D eigenvalue weighted by Gasteiger charge is -2.22. The molecule has 7 nitrogen and oxygen atoms in total. The lowest BCUT2D eigenvalue weighted by Crippen LogP contribution is -2.49. The lowest BCUT2D eigenvalue weighted by molar-refractivity contribution is -0.148. The number of carboxylic acids is 1. The Morgan fingerprint density at radius 1 is 1.25 bits per heavy atom. The van der Waals surface area contributed by atoms with Crippen LogP contribution in [0.2, 0.25) is 0 Å². The molecule has 0 aromatic rings. The van der Waals surface area contributed by atoms with E-state index in [0.29, 0.717) is 0 Å². The molecule has 0 saturated heterocycles. The predicted molar refractivity (Wildman–Crippen MR) is 59.8 cm³/mol. The average molecular weight is 297 g/mol. The van der Waals surface area contributed by atoms with Crippen LogP contribution < -0.4 is 10.6 Å². The highest BCUT2D eigenvalue weighted by Crippen LogP contribution is 2.18. The molecular weight excluding hydrogens is 283 g/mol. The van der Waals surface area contributed by atoms with Gasteiger partial charge in [0.05, 0.1) is 6.54 Å². The molecular formula is C10H14F3N3O4. The Morgan fingerprint density at radius 2 is 1.85 bits per heavy atom. The van der Waals surface area contributed by atoms with Crippen molar-refractivity contribution in [2.24, 2.45) is 0 Å². The quantitative estimate of drug-likeness (QED) is 0.639. The molecule has 3 amide bonds. The van der Waals surface area contributed by atoms with Gasteiger partial charge in [-0.05, 0) is 12.8 Å². The zero-order valence-corrected chi connectivity index (χ0v) is 10.4. The molecule has 0 aromatic carbocycles. The van der Waals surface area contributed by atoms with E-state index in [1.54, 1.807) is 0 Å². The first-order chi connectivity index (χ1) is 9.17. The predicted octanol–water partition coefficient (Wildman–Crippen LogP) is -0.0765. The molecule has 0 radical (unpaired) electrons. The van der Waals surface area contributed by atoms with E-state index in [1.165, 1.54) is 0 Å². The summed E-state index contributed by atoms with van der Waals surface area (Å²) in [4.78, 5) is 33.2. The molecule has 0 atom stereocenters. The number of nitrogens with zero attached hydrogens (tertiary/aromatic N) is 1. The summed E-state index contributed by atoms with van der Waals surface area (Å²) >= 11 is 0. The van der Waals surface area contributed by atoms with E-state index in [0.717, 1.165) is 12.8 Å². The number of nitrogens with one attached hydrogen (secondary N) is 2. The Morgan fingerprint density at radius 3 is 2.30 bits per heavy atom. The van der Waals surface area contributed by atoms with Crippen molar-refractivity contribution < 1.29 is 32.7 Å². The SMILES string of the molecule is O=C(O)CN(CC(F)(F)F)C(=O)NCC(=O)NC1CC1. The first-order valence-electron chi connectivity index (χ1n) is 5.78. The molecule has 1 aliphatic rings. The summed E-state index contributed by atoms with van der Waals surface area (Å²) in [6, 6.07) is -1.19. The minimum atomic E-state index is -4.72. The normalized spacial score (nSPS) is 14.6. The van der Waals surface area contributed by atoms with E-state index in [9.17, 15) is 27.6 Å². The summed E-state index contributed by atoms with van der Waals surface area (Å²) in [7, 11) is 0. The molecule has 0 unspecified atom stereocenters. The zero-order valence-electron chi connectivity index (χ0n) is 10.4. The van der Waals surface area contributed by atoms with E-state index in [1.807, 2.05) is 5.32 Å². The van der Waals surface area contributed by atoms with E-state index in [2.05, 4.69) is 5.32 Å².